The number of imidazole rings is 1. The van der Waals surface area contributed by atoms with Gasteiger partial charge in [0.1, 0.15) is 5.15 Å². The van der Waals surface area contributed by atoms with E-state index in [1.165, 1.54) is 24.2 Å². The highest BCUT2D eigenvalue weighted by Crippen LogP contribution is 2.24. The Morgan fingerprint density at radius 3 is 2.95 bits per heavy atom. The van der Waals surface area contributed by atoms with E-state index in [0.29, 0.717) is 5.15 Å². The molecule has 3 nitrogen and oxygen atoms in total. The lowest BCUT2D eigenvalue weighted by Gasteiger charge is -2.14. The minimum Gasteiger partial charge on any atom is -0.330 e. The van der Waals surface area contributed by atoms with Gasteiger partial charge in [0.15, 0.2) is 0 Å². The smallest absolute Gasteiger partial charge is 0.134 e. The van der Waals surface area contributed by atoms with Crippen LogP contribution in [0.5, 0.6) is 0 Å². The molecular formula is C17H16ClN3. The Hall–Kier alpha value is -1.87. The predicted molar refractivity (Wildman–Crippen MR) is 84.7 cm³/mol. The first-order valence-electron chi connectivity index (χ1n) is 7.38. The summed E-state index contributed by atoms with van der Waals surface area (Å²) in [6.45, 7) is 0.749. The average Bonchev–Trinajstić information content (AvgIpc) is 2.91. The Balaban J connectivity index is 1.74. The van der Waals surface area contributed by atoms with Crippen molar-refractivity contribution in [1.29, 1.82) is 0 Å². The maximum Gasteiger partial charge on any atom is 0.134 e. The van der Waals surface area contributed by atoms with Crippen LogP contribution in [0.3, 0.4) is 0 Å². The summed E-state index contributed by atoms with van der Waals surface area (Å²) in [5.74, 6) is 0. The molecule has 106 valence electrons. The maximum absolute atomic E-state index is 6.36. The van der Waals surface area contributed by atoms with E-state index < -0.39 is 0 Å². The Morgan fingerprint density at radius 1 is 1.14 bits per heavy atom. The normalized spacial score (nSPS) is 14.3. The molecule has 0 spiro atoms. The SMILES string of the molecule is Clc1nc2ccccc2cc1Cn1cnc2c1CCCC2. The first-order chi connectivity index (χ1) is 10.3. The van der Waals surface area contributed by atoms with Crippen LogP contribution in [-0.2, 0) is 19.4 Å². The number of nitrogens with zero attached hydrogens (tertiary/aromatic N) is 3. The molecule has 0 unspecified atom stereocenters. The zero-order chi connectivity index (χ0) is 14.2. The molecule has 0 fully saturated rings. The van der Waals surface area contributed by atoms with E-state index in [-0.39, 0.29) is 0 Å². The van der Waals surface area contributed by atoms with Crippen molar-refractivity contribution < 1.29 is 0 Å². The standard InChI is InChI=1S/C17H16ClN3/c18-17-13(9-12-5-1-2-6-14(12)20-17)10-21-11-19-15-7-3-4-8-16(15)21/h1-2,5-6,9,11H,3-4,7-8,10H2. The number of aryl methyl sites for hydroxylation is 1. The lowest BCUT2D eigenvalue weighted by atomic mass is 10.0. The molecule has 0 aliphatic heterocycles. The summed E-state index contributed by atoms with van der Waals surface area (Å²) in [5, 5.41) is 1.72. The van der Waals surface area contributed by atoms with E-state index in [4.69, 9.17) is 11.6 Å². The number of hydrogen-bond acceptors (Lipinski definition) is 2. The molecule has 3 aromatic rings. The molecular weight excluding hydrogens is 282 g/mol. The summed E-state index contributed by atoms with van der Waals surface area (Å²) in [7, 11) is 0. The van der Waals surface area contributed by atoms with Crippen LogP contribution in [-0.4, -0.2) is 14.5 Å². The number of rotatable bonds is 2. The molecule has 0 bridgehead atoms. The fourth-order valence-corrected chi connectivity index (χ4v) is 3.30. The van der Waals surface area contributed by atoms with Crippen molar-refractivity contribution >= 4 is 22.5 Å². The van der Waals surface area contributed by atoms with Gasteiger partial charge in [-0.2, -0.15) is 0 Å². The van der Waals surface area contributed by atoms with Gasteiger partial charge in [-0.25, -0.2) is 9.97 Å². The van der Waals surface area contributed by atoms with E-state index in [1.807, 2.05) is 24.5 Å². The van der Waals surface area contributed by atoms with E-state index >= 15 is 0 Å². The second-order valence-corrected chi connectivity index (χ2v) is 5.96. The molecule has 0 atom stereocenters. The number of para-hydroxylation sites is 1. The van der Waals surface area contributed by atoms with Gasteiger partial charge in [0, 0.05) is 16.6 Å². The van der Waals surface area contributed by atoms with Crippen LogP contribution in [0, 0.1) is 0 Å². The summed E-state index contributed by atoms with van der Waals surface area (Å²) >= 11 is 6.36. The van der Waals surface area contributed by atoms with E-state index in [0.717, 1.165) is 35.9 Å². The monoisotopic (exact) mass is 297 g/mol. The molecule has 1 aliphatic carbocycles. The van der Waals surface area contributed by atoms with Crippen molar-refractivity contribution in [1.82, 2.24) is 14.5 Å². The predicted octanol–water partition coefficient (Wildman–Crippen LogP) is 4.01. The highest BCUT2D eigenvalue weighted by Gasteiger charge is 2.16. The van der Waals surface area contributed by atoms with E-state index in [1.54, 1.807) is 0 Å². The molecule has 0 saturated heterocycles. The molecule has 1 aliphatic rings. The Bertz CT molecular complexity index is 807. The van der Waals surface area contributed by atoms with Crippen molar-refractivity contribution in [3.63, 3.8) is 0 Å². The van der Waals surface area contributed by atoms with Gasteiger partial charge in [-0.3, -0.25) is 0 Å². The summed E-state index contributed by atoms with van der Waals surface area (Å²) < 4.78 is 2.23. The highest BCUT2D eigenvalue weighted by atomic mass is 35.5. The Morgan fingerprint density at radius 2 is 2.00 bits per heavy atom. The molecule has 2 aromatic heterocycles. The van der Waals surface area contributed by atoms with Crippen LogP contribution in [0.15, 0.2) is 36.7 Å². The molecule has 21 heavy (non-hydrogen) atoms. The lowest BCUT2D eigenvalue weighted by molar-refractivity contribution is 0.628. The summed E-state index contributed by atoms with van der Waals surface area (Å²) in [4.78, 5) is 9.04. The van der Waals surface area contributed by atoms with Crippen molar-refractivity contribution in [2.24, 2.45) is 0 Å². The van der Waals surface area contributed by atoms with Crippen molar-refractivity contribution in [3.05, 3.63) is 58.8 Å². The van der Waals surface area contributed by atoms with Crippen LogP contribution < -0.4 is 0 Å². The number of hydrogen-bond donors (Lipinski definition) is 0. The molecule has 0 N–H and O–H groups in total. The average molecular weight is 298 g/mol. The molecule has 0 radical (unpaired) electrons. The van der Waals surface area contributed by atoms with E-state index in [2.05, 4.69) is 26.7 Å². The largest absolute Gasteiger partial charge is 0.330 e. The minimum absolute atomic E-state index is 0.590. The molecule has 4 rings (SSSR count). The summed E-state index contributed by atoms with van der Waals surface area (Å²) in [6.07, 6.45) is 6.67. The second-order valence-electron chi connectivity index (χ2n) is 5.60. The lowest BCUT2D eigenvalue weighted by Crippen LogP contribution is -2.09. The first-order valence-corrected chi connectivity index (χ1v) is 7.76. The van der Waals surface area contributed by atoms with Crippen molar-refractivity contribution in [2.45, 2.75) is 32.2 Å². The van der Waals surface area contributed by atoms with Crippen LogP contribution >= 0.6 is 11.6 Å². The quantitative estimate of drug-likeness (QED) is 0.669. The number of benzene rings is 1. The third-order valence-corrected chi connectivity index (χ3v) is 4.53. The summed E-state index contributed by atoms with van der Waals surface area (Å²) in [5.41, 5.74) is 4.62. The van der Waals surface area contributed by atoms with Gasteiger partial charge in [-0.1, -0.05) is 29.8 Å². The molecule has 4 heteroatoms. The van der Waals surface area contributed by atoms with Gasteiger partial charge in [0.25, 0.3) is 0 Å². The molecule has 0 amide bonds. The topological polar surface area (TPSA) is 30.7 Å². The number of pyridine rings is 1. The van der Waals surface area contributed by atoms with Gasteiger partial charge >= 0.3 is 0 Å². The zero-order valence-electron chi connectivity index (χ0n) is 11.7. The third-order valence-electron chi connectivity index (χ3n) is 4.20. The van der Waals surface area contributed by atoms with Crippen LogP contribution in [0.1, 0.15) is 29.8 Å². The van der Waals surface area contributed by atoms with Crippen molar-refractivity contribution in [3.8, 4) is 0 Å². The summed E-state index contributed by atoms with van der Waals surface area (Å²) in [6, 6.07) is 10.2. The second kappa shape index (κ2) is 5.15. The Kier molecular flexibility index (Phi) is 3.15. The Labute approximate surface area is 128 Å². The third kappa shape index (κ3) is 2.32. The van der Waals surface area contributed by atoms with Crippen LogP contribution in [0.4, 0.5) is 0 Å². The first kappa shape index (κ1) is 12.8. The van der Waals surface area contributed by atoms with Gasteiger partial charge in [0.05, 0.1) is 24.1 Å². The van der Waals surface area contributed by atoms with Crippen LogP contribution in [0.2, 0.25) is 5.15 Å². The van der Waals surface area contributed by atoms with Gasteiger partial charge < -0.3 is 4.57 Å². The van der Waals surface area contributed by atoms with Gasteiger partial charge in [-0.05, 0) is 37.8 Å². The minimum atomic E-state index is 0.590. The van der Waals surface area contributed by atoms with Gasteiger partial charge in [0.2, 0.25) is 0 Å². The zero-order valence-corrected chi connectivity index (χ0v) is 12.5. The highest BCUT2D eigenvalue weighted by molar-refractivity contribution is 6.30. The molecule has 0 saturated carbocycles. The number of fused-ring (bicyclic) bond motifs is 2. The number of halogens is 1. The van der Waals surface area contributed by atoms with Gasteiger partial charge in [-0.15, -0.1) is 0 Å². The van der Waals surface area contributed by atoms with Crippen molar-refractivity contribution in [2.75, 3.05) is 0 Å². The fourth-order valence-electron chi connectivity index (χ4n) is 3.10. The fraction of sp³-hybridized carbons (Fsp3) is 0.294. The molecule has 1 aromatic carbocycles. The maximum atomic E-state index is 6.36. The van der Waals surface area contributed by atoms with Crippen LogP contribution in [0.25, 0.3) is 10.9 Å². The molecule has 2 heterocycles. The van der Waals surface area contributed by atoms with E-state index in [9.17, 15) is 0 Å². The number of aromatic nitrogens is 3.